The van der Waals surface area contributed by atoms with Gasteiger partial charge in [-0.1, -0.05) is 12.1 Å². The Labute approximate surface area is 157 Å². The van der Waals surface area contributed by atoms with E-state index in [1.807, 2.05) is 4.72 Å². The summed E-state index contributed by atoms with van der Waals surface area (Å²) in [5, 5.41) is 8.71. The summed E-state index contributed by atoms with van der Waals surface area (Å²) < 4.78 is 79.4. The third-order valence-electron chi connectivity index (χ3n) is 3.81. The molecule has 1 aromatic heterocycles. The molecule has 10 heteroatoms. The first-order chi connectivity index (χ1) is 13.1. The summed E-state index contributed by atoms with van der Waals surface area (Å²) in [6.45, 7) is 0. The maximum atomic E-state index is 13.9. The summed E-state index contributed by atoms with van der Waals surface area (Å²) in [5.74, 6) is -0.934. The van der Waals surface area contributed by atoms with Crippen LogP contribution in [0.25, 0.3) is 11.3 Å². The molecular formula is C18H11F4N3O2S. The Hall–Kier alpha value is -3.32. The number of aromatic amines is 1. The number of nitriles is 1. The Kier molecular flexibility index (Phi) is 4.87. The van der Waals surface area contributed by atoms with E-state index in [9.17, 15) is 26.0 Å². The molecule has 0 saturated carbocycles. The van der Waals surface area contributed by atoms with Gasteiger partial charge in [0.1, 0.15) is 10.7 Å². The smallest absolute Gasteiger partial charge is 0.360 e. The van der Waals surface area contributed by atoms with E-state index in [0.717, 1.165) is 36.5 Å². The number of H-pyrrole nitrogens is 1. The summed E-state index contributed by atoms with van der Waals surface area (Å²) >= 11 is 0. The topological polar surface area (TPSA) is 85.8 Å². The summed E-state index contributed by atoms with van der Waals surface area (Å²) in [4.78, 5) is 2.31. The van der Waals surface area contributed by atoms with Gasteiger partial charge in [0.05, 0.1) is 22.9 Å². The maximum absolute atomic E-state index is 13.9. The maximum Gasteiger partial charge on any atom is 0.416 e. The van der Waals surface area contributed by atoms with Crippen LogP contribution >= 0.6 is 0 Å². The lowest BCUT2D eigenvalue weighted by Gasteiger charge is -2.08. The normalized spacial score (nSPS) is 11.8. The van der Waals surface area contributed by atoms with Crippen molar-refractivity contribution in [3.63, 3.8) is 0 Å². The average molecular weight is 409 g/mol. The van der Waals surface area contributed by atoms with E-state index in [4.69, 9.17) is 5.26 Å². The lowest BCUT2D eigenvalue weighted by Crippen LogP contribution is -2.13. The number of alkyl halides is 3. The van der Waals surface area contributed by atoms with Crippen molar-refractivity contribution in [1.29, 1.82) is 5.26 Å². The second kappa shape index (κ2) is 7.01. The van der Waals surface area contributed by atoms with Crippen molar-refractivity contribution in [1.82, 2.24) is 4.98 Å². The van der Waals surface area contributed by atoms with Crippen LogP contribution in [0.2, 0.25) is 0 Å². The van der Waals surface area contributed by atoms with Gasteiger partial charge in [0.2, 0.25) is 0 Å². The van der Waals surface area contributed by atoms with Crippen molar-refractivity contribution in [3.8, 4) is 17.3 Å². The Morgan fingerprint density at radius 2 is 1.82 bits per heavy atom. The van der Waals surface area contributed by atoms with Crippen molar-refractivity contribution in [2.75, 3.05) is 4.72 Å². The van der Waals surface area contributed by atoms with Crippen LogP contribution in [-0.2, 0) is 16.2 Å². The van der Waals surface area contributed by atoms with E-state index >= 15 is 0 Å². The highest BCUT2D eigenvalue weighted by molar-refractivity contribution is 7.92. The molecule has 3 rings (SSSR count). The van der Waals surface area contributed by atoms with E-state index in [0.29, 0.717) is 0 Å². The largest absolute Gasteiger partial charge is 0.416 e. The van der Waals surface area contributed by atoms with Gasteiger partial charge in [0.25, 0.3) is 10.0 Å². The standard InChI is InChI=1S/C18H11F4N3O2S/c19-15-6-11(9-23)4-5-16(15)25-28(26,27)14-8-17(24-10-14)12-2-1-3-13(7-12)18(20,21)22/h1-8,10,24-25H. The number of benzene rings is 2. The van der Waals surface area contributed by atoms with Gasteiger partial charge in [0.15, 0.2) is 0 Å². The number of hydrogen-bond acceptors (Lipinski definition) is 3. The second-order valence-corrected chi connectivity index (χ2v) is 7.42. The number of nitrogens with one attached hydrogen (secondary N) is 2. The third kappa shape index (κ3) is 3.99. The van der Waals surface area contributed by atoms with Crippen molar-refractivity contribution in [2.24, 2.45) is 0 Å². The highest BCUT2D eigenvalue weighted by Gasteiger charge is 2.30. The molecule has 0 unspecified atom stereocenters. The summed E-state index contributed by atoms with van der Waals surface area (Å²) in [5.41, 5.74) is -0.927. The first kappa shape index (κ1) is 19.4. The SMILES string of the molecule is N#Cc1ccc(NS(=O)(=O)c2c[nH]c(-c3cccc(C(F)(F)F)c3)c2)c(F)c1. The Morgan fingerprint density at radius 1 is 1.07 bits per heavy atom. The van der Waals surface area contributed by atoms with Gasteiger partial charge in [0, 0.05) is 11.9 Å². The van der Waals surface area contributed by atoms with Crippen LogP contribution in [0, 0.1) is 17.1 Å². The van der Waals surface area contributed by atoms with E-state index in [-0.39, 0.29) is 27.4 Å². The van der Waals surface area contributed by atoms with Crippen LogP contribution in [0.3, 0.4) is 0 Å². The lowest BCUT2D eigenvalue weighted by molar-refractivity contribution is -0.137. The summed E-state index contributed by atoms with van der Waals surface area (Å²) in [6, 6.07) is 10.5. The zero-order chi connectivity index (χ0) is 20.5. The van der Waals surface area contributed by atoms with Crippen LogP contribution in [0.4, 0.5) is 23.2 Å². The van der Waals surface area contributed by atoms with Gasteiger partial charge < -0.3 is 4.98 Å². The van der Waals surface area contributed by atoms with Crippen LogP contribution in [0.1, 0.15) is 11.1 Å². The molecule has 0 amide bonds. The third-order valence-corrected chi connectivity index (χ3v) is 5.16. The van der Waals surface area contributed by atoms with Crippen LogP contribution in [0.15, 0.2) is 59.6 Å². The number of anilines is 1. The van der Waals surface area contributed by atoms with Crippen molar-refractivity contribution >= 4 is 15.7 Å². The zero-order valence-electron chi connectivity index (χ0n) is 13.9. The molecule has 5 nitrogen and oxygen atoms in total. The first-order valence-corrected chi connectivity index (χ1v) is 9.17. The molecule has 2 aromatic carbocycles. The van der Waals surface area contributed by atoms with E-state index < -0.39 is 27.6 Å². The quantitative estimate of drug-likeness (QED) is 0.622. The highest BCUT2D eigenvalue weighted by Crippen LogP contribution is 2.32. The fraction of sp³-hybridized carbons (Fsp3) is 0.0556. The molecule has 28 heavy (non-hydrogen) atoms. The predicted molar refractivity (Wildman–Crippen MR) is 93.2 cm³/mol. The van der Waals surface area contributed by atoms with Gasteiger partial charge >= 0.3 is 6.18 Å². The number of aromatic nitrogens is 1. The van der Waals surface area contributed by atoms with Crippen LogP contribution in [-0.4, -0.2) is 13.4 Å². The molecule has 0 bridgehead atoms. The van der Waals surface area contributed by atoms with E-state index in [1.165, 1.54) is 18.2 Å². The number of nitrogens with zero attached hydrogens (tertiary/aromatic N) is 1. The first-order valence-electron chi connectivity index (χ1n) is 7.69. The number of halogens is 4. The van der Waals surface area contributed by atoms with Gasteiger partial charge in [-0.15, -0.1) is 0 Å². The van der Waals surface area contributed by atoms with Gasteiger partial charge in [-0.05, 0) is 42.0 Å². The minimum Gasteiger partial charge on any atom is -0.360 e. The number of hydrogen-bond donors (Lipinski definition) is 2. The van der Waals surface area contributed by atoms with Crippen molar-refractivity contribution in [2.45, 2.75) is 11.1 Å². The molecule has 0 saturated heterocycles. The molecule has 1 heterocycles. The Morgan fingerprint density at radius 3 is 2.46 bits per heavy atom. The summed E-state index contributed by atoms with van der Waals surface area (Å²) in [6.07, 6.45) is -3.45. The van der Waals surface area contributed by atoms with E-state index in [1.54, 1.807) is 6.07 Å². The van der Waals surface area contributed by atoms with Crippen molar-refractivity contribution < 1.29 is 26.0 Å². The monoisotopic (exact) mass is 409 g/mol. The molecule has 0 atom stereocenters. The molecule has 0 fully saturated rings. The van der Waals surface area contributed by atoms with Gasteiger partial charge in [-0.3, -0.25) is 4.72 Å². The Bertz CT molecular complexity index is 1180. The second-order valence-electron chi connectivity index (χ2n) is 5.74. The zero-order valence-corrected chi connectivity index (χ0v) is 14.7. The summed E-state index contributed by atoms with van der Waals surface area (Å²) in [7, 11) is -4.21. The van der Waals surface area contributed by atoms with E-state index in [2.05, 4.69) is 4.98 Å². The highest BCUT2D eigenvalue weighted by atomic mass is 32.2. The van der Waals surface area contributed by atoms with Crippen LogP contribution < -0.4 is 4.72 Å². The molecule has 3 aromatic rings. The Balaban J connectivity index is 1.90. The van der Waals surface area contributed by atoms with Gasteiger partial charge in [-0.25, -0.2) is 12.8 Å². The predicted octanol–water partition coefficient (Wildman–Crippen LogP) is 4.51. The molecule has 144 valence electrons. The fourth-order valence-electron chi connectivity index (χ4n) is 2.43. The average Bonchev–Trinajstić information content (AvgIpc) is 3.14. The van der Waals surface area contributed by atoms with Crippen LogP contribution in [0.5, 0.6) is 0 Å². The minimum absolute atomic E-state index is 0.0222. The van der Waals surface area contributed by atoms with Gasteiger partial charge in [-0.2, -0.15) is 18.4 Å². The molecule has 0 spiro atoms. The molecule has 0 radical (unpaired) electrons. The van der Waals surface area contributed by atoms with Crippen molar-refractivity contribution in [3.05, 3.63) is 71.7 Å². The minimum atomic E-state index is -4.54. The molecule has 0 aliphatic heterocycles. The molecular weight excluding hydrogens is 398 g/mol. The lowest BCUT2D eigenvalue weighted by atomic mass is 10.1. The molecule has 0 aliphatic carbocycles. The fourth-order valence-corrected chi connectivity index (χ4v) is 3.49. The number of sulfonamides is 1. The molecule has 2 N–H and O–H groups in total. The molecule has 0 aliphatic rings. The number of rotatable bonds is 4.